The molecule has 138 valence electrons. The van der Waals surface area contributed by atoms with Crippen molar-refractivity contribution in [3.63, 3.8) is 0 Å². The van der Waals surface area contributed by atoms with Crippen molar-refractivity contribution in [3.8, 4) is 5.75 Å². The molecule has 1 aliphatic heterocycles. The van der Waals surface area contributed by atoms with Gasteiger partial charge in [-0.1, -0.05) is 12.1 Å². The lowest BCUT2D eigenvalue weighted by molar-refractivity contribution is -0.906. The highest BCUT2D eigenvalue weighted by atomic mass is 32.1. The molecule has 0 saturated carbocycles. The van der Waals surface area contributed by atoms with Crippen LogP contribution in [0.2, 0.25) is 0 Å². The van der Waals surface area contributed by atoms with E-state index in [0.29, 0.717) is 16.8 Å². The summed E-state index contributed by atoms with van der Waals surface area (Å²) in [5.41, 5.74) is 6.88. The maximum Gasteiger partial charge on any atom is 0.185 e. The molecule has 1 aromatic rings. The fourth-order valence-corrected chi connectivity index (χ4v) is 2.67. The van der Waals surface area contributed by atoms with Gasteiger partial charge in [0, 0.05) is 6.54 Å². The number of benzene rings is 1. The lowest BCUT2D eigenvalue weighted by Gasteiger charge is -2.24. The summed E-state index contributed by atoms with van der Waals surface area (Å²) in [7, 11) is 1.65. The molecule has 0 atom stereocenters. The van der Waals surface area contributed by atoms with Crippen LogP contribution in [-0.4, -0.2) is 56.7 Å². The van der Waals surface area contributed by atoms with Crippen LogP contribution < -0.4 is 31.1 Å². The largest absolute Gasteiger partial charge is 0.497 e. The van der Waals surface area contributed by atoms with Gasteiger partial charge in [0.15, 0.2) is 10.2 Å². The van der Waals surface area contributed by atoms with Crippen molar-refractivity contribution in [2.75, 3.05) is 46.5 Å². The van der Waals surface area contributed by atoms with Crippen LogP contribution in [0.3, 0.4) is 0 Å². The van der Waals surface area contributed by atoms with Crippen molar-refractivity contribution >= 4 is 34.7 Å². The zero-order chi connectivity index (χ0) is 17.9. The number of nitrogens with one attached hydrogen (secondary N) is 5. The normalized spacial score (nSPS) is 14.4. The summed E-state index contributed by atoms with van der Waals surface area (Å²) in [6.45, 7) is 6.25. The number of hydrogen-bond acceptors (Lipinski definition) is 4. The van der Waals surface area contributed by atoms with Crippen LogP contribution in [-0.2, 0) is 11.3 Å². The molecule has 1 heterocycles. The van der Waals surface area contributed by atoms with Crippen LogP contribution in [0.1, 0.15) is 5.56 Å². The number of thiocarbonyl (C=S) groups is 2. The van der Waals surface area contributed by atoms with Gasteiger partial charge in [-0.25, -0.2) is 0 Å². The summed E-state index contributed by atoms with van der Waals surface area (Å²) in [6, 6.07) is 7.81. The Labute approximate surface area is 159 Å². The molecule has 0 amide bonds. The van der Waals surface area contributed by atoms with Crippen LogP contribution in [0, 0.1) is 0 Å². The Morgan fingerprint density at radius 2 is 1.72 bits per heavy atom. The van der Waals surface area contributed by atoms with E-state index in [2.05, 4.69) is 21.5 Å². The molecule has 0 spiro atoms. The third-order valence-corrected chi connectivity index (χ3v) is 4.36. The molecular formula is C16H26N5O2S2+. The third-order valence-electron chi connectivity index (χ3n) is 3.87. The Balaban J connectivity index is 1.54. The average molecular weight is 385 g/mol. The van der Waals surface area contributed by atoms with Gasteiger partial charge in [-0.15, -0.1) is 0 Å². The summed E-state index contributed by atoms with van der Waals surface area (Å²) in [5.74, 6) is 0.835. The molecule has 5 N–H and O–H groups in total. The van der Waals surface area contributed by atoms with Gasteiger partial charge >= 0.3 is 0 Å². The molecule has 1 saturated heterocycles. The minimum Gasteiger partial charge on any atom is -0.497 e. The van der Waals surface area contributed by atoms with Gasteiger partial charge in [0.2, 0.25) is 0 Å². The molecule has 0 aliphatic carbocycles. The zero-order valence-corrected chi connectivity index (χ0v) is 16.0. The zero-order valence-electron chi connectivity index (χ0n) is 14.4. The number of hydrazine groups is 1. The van der Waals surface area contributed by atoms with E-state index < -0.39 is 0 Å². The van der Waals surface area contributed by atoms with Gasteiger partial charge in [0.05, 0.1) is 33.4 Å². The summed E-state index contributed by atoms with van der Waals surface area (Å²) in [5, 5.41) is 7.29. The fourth-order valence-electron chi connectivity index (χ4n) is 2.39. The van der Waals surface area contributed by atoms with Crippen LogP contribution in [0.5, 0.6) is 5.75 Å². The van der Waals surface area contributed by atoms with E-state index in [4.69, 9.17) is 33.9 Å². The Morgan fingerprint density at radius 1 is 1.08 bits per heavy atom. The average Bonchev–Trinajstić information content (AvgIpc) is 2.66. The van der Waals surface area contributed by atoms with Crippen molar-refractivity contribution in [2.45, 2.75) is 6.54 Å². The number of quaternary nitrogens is 1. The molecule has 0 unspecified atom stereocenters. The van der Waals surface area contributed by atoms with Crippen LogP contribution >= 0.6 is 24.4 Å². The van der Waals surface area contributed by atoms with Crippen LogP contribution in [0.4, 0.5) is 0 Å². The second-order valence-corrected chi connectivity index (χ2v) is 6.47. The standard InChI is InChI=1S/C16H25N5O2S2/c1-22-14-4-2-13(3-5-14)12-18-16(25)20-19-15(24)17-6-7-21-8-10-23-11-9-21/h2-5H,6-12H2,1H3,(H2,17,19,24)(H2,18,20,25)/p+1. The lowest BCUT2D eigenvalue weighted by atomic mass is 10.2. The summed E-state index contributed by atoms with van der Waals surface area (Å²) in [4.78, 5) is 1.53. The van der Waals surface area contributed by atoms with E-state index in [-0.39, 0.29) is 0 Å². The van der Waals surface area contributed by atoms with Crippen molar-refractivity contribution < 1.29 is 14.4 Å². The van der Waals surface area contributed by atoms with Gasteiger partial charge in [0.25, 0.3) is 0 Å². The van der Waals surface area contributed by atoms with Crippen molar-refractivity contribution in [3.05, 3.63) is 29.8 Å². The van der Waals surface area contributed by atoms with Crippen molar-refractivity contribution in [1.29, 1.82) is 0 Å². The van der Waals surface area contributed by atoms with E-state index in [9.17, 15) is 0 Å². The highest BCUT2D eigenvalue weighted by molar-refractivity contribution is 7.80. The van der Waals surface area contributed by atoms with E-state index in [1.54, 1.807) is 7.11 Å². The first-order valence-corrected chi connectivity index (χ1v) is 9.11. The molecule has 9 heteroatoms. The first kappa shape index (κ1) is 19.6. The second kappa shape index (κ2) is 11.0. The van der Waals surface area contributed by atoms with Crippen molar-refractivity contribution in [2.24, 2.45) is 0 Å². The topological polar surface area (TPSA) is 71.0 Å². The minimum atomic E-state index is 0.485. The molecule has 1 fully saturated rings. The van der Waals surface area contributed by atoms with Crippen molar-refractivity contribution in [1.82, 2.24) is 21.5 Å². The maximum absolute atomic E-state index is 5.34. The number of rotatable bonds is 6. The van der Waals surface area contributed by atoms with Crippen LogP contribution in [0.15, 0.2) is 24.3 Å². The Morgan fingerprint density at radius 3 is 2.36 bits per heavy atom. The quantitative estimate of drug-likeness (QED) is 0.315. The summed E-state index contributed by atoms with van der Waals surface area (Å²) >= 11 is 10.4. The molecular weight excluding hydrogens is 358 g/mol. The first-order chi connectivity index (χ1) is 12.2. The van der Waals surface area contributed by atoms with Gasteiger partial charge in [-0.05, 0) is 42.1 Å². The maximum atomic E-state index is 5.34. The molecule has 0 bridgehead atoms. The highest BCUT2D eigenvalue weighted by Gasteiger charge is 2.12. The fraction of sp³-hybridized carbons (Fsp3) is 0.500. The molecule has 0 radical (unpaired) electrons. The Kier molecular flexibility index (Phi) is 8.67. The molecule has 7 nitrogen and oxygen atoms in total. The van der Waals surface area contributed by atoms with E-state index >= 15 is 0 Å². The van der Waals surface area contributed by atoms with Gasteiger partial charge in [0.1, 0.15) is 18.8 Å². The van der Waals surface area contributed by atoms with E-state index in [1.165, 1.54) is 4.90 Å². The van der Waals surface area contributed by atoms with E-state index in [1.807, 2.05) is 24.3 Å². The van der Waals surface area contributed by atoms with E-state index in [0.717, 1.165) is 50.7 Å². The second-order valence-electron chi connectivity index (χ2n) is 5.65. The minimum absolute atomic E-state index is 0.485. The van der Waals surface area contributed by atoms with Gasteiger partial charge in [-0.2, -0.15) is 0 Å². The molecule has 0 aromatic heterocycles. The van der Waals surface area contributed by atoms with Gasteiger partial charge in [-0.3, -0.25) is 10.9 Å². The van der Waals surface area contributed by atoms with Crippen LogP contribution in [0.25, 0.3) is 0 Å². The predicted octanol–water partition coefficient (Wildman–Crippen LogP) is -1.05. The number of methoxy groups -OCH3 is 1. The number of morpholine rings is 1. The SMILES string of the molecule is COc1ccc(CNC(=S)NNC(=S)NCC[NH+]2CCOCC2)cc1. The molecule has 2 rings (SSSR count). The first-order valence-electron chi connectivity index (χ1n) is 8.29. The smallest absolute Gasteiger partial charge is 0.185 e. The summed E-state index contributed by atoms with van der Waals surface area (Å²) < 4.78 is 10.5. The third kappa shape index (κ3) is 7.82. The number of hydrogen-bond donors (Lipinski definition) is 5. The molecule has 1 aromatic carbocycles. The molecule has 25 heavy (non-hydrogen) atoms. The lowest BCUT2D eigenvalue weighted by Crippen LogP contribution is -3.14. The summed E-state index contributed by atoms with van der Waals surface area (Å²) in [6.07, 6.45) is 0. The highest BCUT2D eigenvalue weighted by Crippen LogP contribution is 2.10. The number of ether oxygens (including phenoxy) is 2. The van der Waals surface area contributed by atoms with Gasteiger partial charge < -0.3 is 25.0 Å². The Bertz CT molecular complexity index is 550. The monoisotopic (exact) mass is 384 g/mol. The molecule has 1 aliphatic rings. The Hall–Kier alpha value is -1.68. The predicted molar refractivity (Wildman–Crippen MR) is 106 cm³/mol.